The van der Waals surface area contributed by atoms with Crippen LogP contribution in [0.1, 0.15) is 260 Å². The lowest BCUT2D eigenvalue weighted by molar-refractivity contribution is -0.208. The molecule has 0 aromatic carbocycles. The van der Waals surface area contributed by atoms with Crippen LogP contribution in [0.25, 0.3) is 0 Å². The Labute approximate surface area is 380 Å². The predicted molar refractivity (Wildman–Crippen MR) is 261 cm³/mol. The Morgan fingerprint density at radius 2 is 0.541 bits per heavy atom. The fraction of sp³-hybridized carbons (Fsp3) is 0.926. The summed E-state index contributed by atoms with van der Waals surface area (Å²) < 4.78 is 44.2. The molecule has 0 aliphatic heterocycles. The zero-order valence-electron chi connectivity index (χ0n) is 41.8. The van der Waals surface area contributed by atoms with Crippen molar-refractivity contribution in [3.8, 4) is 0 Å². The average Bonchev–Trinajstić information content (AvgIpc) is 3.27. The van der Waals surface area contributed by atoms with Gasteiger partial charge in [-0.3, -0.25) is 0 Å². The molecular formula is C54H106O7. The Bertz CT molecular complexity index is 766. The second-order valence-corrected chi connectivity index (χ2v) is 17.5. The molecule has 7 nitrogen and oxygen atoms in total. The number of unbranched alkanes of at least 4 members (excludes halogenated alkanes) is 24. The van der Waals surface area contributed by atoms with Crippen molar-refractivity contribution in [2.75, 3.05) is 39.6 Å². The standard InChI is InChI=1S/C54H106O7/c1-7-13-19-27-37-47-55-51(56-48-38-28-20-14-8-2)41-31-23-25-33-43-53(59-45-35-17-11-5)61-54(60-46-36-18-12-6)44-34-26-24-32-42-52(57-49-39-29-21-15-9-3)58-50-40-30-22-16-10-4/h33-34,43-44,51-54H,7-32,35-42,45-50H2,1-6H3. The summed E-state index contributed by atoms with van der Waals surface area (Å²) >= 11 is 0. The molecule has 0 spiro atoms. The van der Waals surface area contributed by atoms with Gasteiger partial charge in [0.25, 0.3) is 0 Å². The van der Waals surface area contributed by atoms with Gasteiger partial charge in [-0.1, -0.05) is 182 Å². The molecule has 364 valence electrons. The zero-order chi connectivity index (χ0) is 44.4. The Morgan fingerprint density at radius 3 is 0.852 bits per heavy atom. The summed E-state index contributed by atoms with van der Waals surface area (Å²) in [7, 11) is 0. The van der Waals surface area contributed by atoms with Crippen molar-refractivity contribution < 1.29 is 33.2 Å². The maximum atomic E-state index is 6.52. The summed E-state index contributed by atoms with van der Waals surface area (Å²) in [6, 6.07) is 0. The minimum atomic E-state index is -0.434. The van der Waals surface area contributed by atoms with E-state index in [1.165, 1.54) is 116 Å². The number of hydrogen-bond acceptors (Lipinski definition) is 7. The molecule has 2 atom stereocenters. The highest BCUT2D eigenvalue weighted by molar-refractivity contribution is 4.90. The maximum Gasteiger partial charge on any atom is 0.180 e. The summed E-state index contributed by atoms with van der Waals surface area (Å²) in [5, 5.41) is 0. The molecule has 0 rings (SSSR count). The number of hydrogen-bond donors (Lipinski definition) is 0. The van der Waals surface area contributed by atoms with Crippen LogP contribution in [-0.2, 0) is 33.2 Å². The summed E-state index contributed by atoms with van der Waals surface area (Å²) in [6.45, 7) is 18.1. The third-order valence-electron chi connectivity index (χ3n) is 11.2. The molecule has 61 heavy (non-hydrogen) atoms. The van der Waals surface area contributed by atoms with Crippen LogP contribution >= 0.6 is 0 Å². The van der Waals surface area contributed by atoms with Crippen molar-refractivity contribution in [2.24, 2.45) is 0 Å². The second kappa shape index (κ2) is 51.8. The highest BCUT2D eigenvalue weighted by Crippen LogP contribution is 2.16. The van der Waals surface area contributed by atoms with Gasteiger partial charge in [0.1, 0.15) is 0 Å². The first kappa shape index (κ1) is 60.2. The summed E-state index contributed by atoms with van der Waals surface area (Å²) in [6.07, 6.45) is 47.6. The van der Waals surface area contributed by atoms with Crippen LogP contribution in [0, 0.1) is 0 Å². The second-order valence-electron chi connectivity index (χ2n) is 17.5. The lowest BCUT2D eigenvalue weighted by atomic mass is 10.1. The van der Waals surface area contributed by atoms with Crippen molar-refractivity contribution in [1.82, 2.24) is 0 Å². The lowest BCUT2D eigenvalue weighted by Gasteiger charge is -2.22. The van der Waals surface area contributed by atoms with Crippen LogP contribution in [0.3, 0.4) is 0 Å². The van der Waals surface area contributed by atoms with Crippen molar-refractivity contribution >= 4 is 0 Å². The van der Waals surface area contributed by atoms with Crippen LogP contribution < -0.4 is 0 Å². The molecule has 0 fully saturated rings. The van der Waals surface area contributed by atoms with E-state index >= 15 is 0 Å². The van der Waals surface area contributed by atoms with Gasteiger partial charge in [0, 0.05) is 26.4 Å². The molecule has 0 radical (unpaired) electrons. The average molecular weight is 867 g/mol. The smallest absolute Gasteiger partial charge is 0.180 e. The van der Waals surface area contributed by atoms with E-state index in [4.69, 9.17) is 33.2 Å². The number of rotatable bonds is 52. The number of allylic oxidation sites excluding steroid dienone is 2. The first-order valence-electron chi connectivity index (χ1n) is 26.8. The highest BCUT2D eigenvalue weighted by Gasteiger charge is 2.15. The highest BCUT2D eigenvalue weighted by atomic mass is 16.8. The van der Waals surface area contributed by atoms with E-state index in [0.717, 1.165) is 129 Å². The Hall–Kier alpha value is -0.800. The van der Waals surface area contributed by atoms with Gasteiger partial charge in [0.15, 0.2) is 25.2 Å². The van der Waals surface area contributed by atoms with E-state index in [9.17, 15) is 0 Å². The maximum absolute atomic E-state index is 6.52. The molecule has 0 N–H and O–H groups in total. The quantitative estimate of drug-likeness (QED) is 0.0343. The molecule has 0 aromatic heterocycles. The summed E-state index contributed by atoms with van der Waals surface area (Å²) in [4.78, 5) is 0. The van der Waals surface area contributed by atoms with E-state index in [1.807, 2.05) is 0 Å². The van der Waals surface area contributed by atoms with Gasteiger partial charge in [0.2, 0.25) is 0 Å². The fourth-order valence-electron chi connectivity index (χ4n) is 7.19. The Balaban J connectivity index is 5.18. The van der Waals surface area contributed by atoms with Gasteiger partial charge in [-0.15, -0.1) is 0 Å². The first-order chi connectivity index (χ1) is 30.1. The van der Waals surface area contributed by atoms with Crippen LogP contribution in [-0.4, -0.2) is 64.8 Å². The molecule has 7 heteroatoms. The molecule has 0 saturated heterocycles. The largest absolute Gasteiger partial charge is 0.353 e. The number of ether oxygens (including phenoxy) is 7. The van der Waals surface area contributed by atoms with Crippen LogP contribution in [0.5, 0.6) is 0 Å². The fourth-order valence-corrected chi connectivity index (χ4v) is 7.19. The lowest BCUT2D eigenvalue weighted by Crippen LogP contribution is -2.25. The molecule has 2 unspecified atom stereocenters. The third kappa shape index (κ3) is 45.6. The predicted octanol–water partition coefficient (Wildman–Crippen LogP) is 16.9. The van der Waals surface area contributed by atoms with Crippen LogP contribution in [0.2, 0.25) is 0 Å². The van der Waals surface area contributed by atoms with E-state index in [2.05, 4.69) is 65.8 Å². The minimum Gasteiger partial charge on any atom is -0.353 e. The van der Waals surface area contributed by atoms with Crippen LogP contribution in [0.4, 0.5) is 0 Å². The normalized spacial score (nSPS) is 13.2. The summed E-state index contributed by atoms with van der Waals surface area (Å²) in [5.41, 5.74) is 0. The van der Waals surface area contributed by atoms with E-state index in [1.54, 1.807) is 0 Å². The molecule has 0 saturated carbocycles. The van der Waals surface area contributed by atoms with Crippen molar-refractivity contribution in [3.05, 3.63) is 24.3 Å². The Kier molecular flexibility index (Phi) is 51.2. The van der Waals surface area contributed by atoms with Gasteiger partial charge in [-0.25, -0.2) is 0 Å². The third-order valence-corrected chi connectivity index (χ3v) is 11.2. The van der Waals surface area contributed by atoms with Crippen molar-refractivity contribution in [1.29, 1.82) is 0 Å². The molecule has 0 aromatic rings. The minimum absolute atomic E-state index is 0.0879. The molecule has 0 aliphatic rings. The van der Waals surface area contributed by atoms with Gasteiger partial charge < -0.3 is 33.2 Å². The van der Waals surface area contributed by atoms with Crippen molar-refractivity contribution in [2.45, 2.75) is 285 Å². The summed E-state index contributed by atoms with van der Waals surface area (Å²) in [5.74, 6) is 0. The van der Waals surface area contributed by atoms with Crippen molar-refractivity contribution in [3.63, 3.8) is 0 Å². The molecule has 0 aliphatic carbocycles. The molecule has 0 bridgehead atoms. The first-order valence-corrected chi connectivity index (χ1v) is 26.8. The van der Waals surface area contributed by atoms with Gasteiger partial charge in [-0.2, -0.15) is 0 Å². The monoisotopic (exact) mass is 867 g/mol. The van der Waals surface area contributed by atoms with E-state index in [0.29, 0.717) is 13.2 Å². The molecule has 0 amide bonds. The van der Waals surface area contributed by atoms with Gasteiger partial charge in [-0.05, 0) is 102 Å². The SMILES string of the molecule is CCCCCCCOC(CCCCC=CC(OCCCCC)OC(C=CCCCCC(OCCCCCCC)OCCCCCCC)OCCCCC)OCCCCCCC. The van der Waals surface area contributed by atoms with E-state index in [-0.39, 0.29) is 12.6 Å². The zero-order valence-corrected chi connectivity index (χ0v) is 41.8. The Morgan fingerprint density at radius 1 is 0.279 bits per heavy atom. The van der Waals surface area contributed by atoms with Crippen LogP contribution in [0.15, 0.2) is 24.3 Å². The van der Waals surface area contributed by atoms with Gasteiger partial charge in [0.05, 0.1) is 13.2 Å². The van der Waals surface area contributed by atoms with E-state index < -0.39 is 12.6 Å². The molecular weight excluding hydrogens is 761 g/mol. The topological polar surface area (TPSA) is 64.6 Å². The molecule has 0 heterocycles. The van der Waals surface area contributed by atoms with Gasteiger partial charge >= 0.3 is 0 Å².